The molecule has 98 valence electrons. The fraction of sp³-hybridized carbons (Fsp3) is 0.294. The molecule has 1 atom stereocenters. The van der Waals surface area contributed by atoms with Crippen LogP contribution in [0, 0.1) is 19.7 Å². The Hall–Kier alpha value is -1.83. The highest BCUT2D eigenvalue weighted by atomic mass is 19.1. The Morgan fingerprint density at radius 1 is 1.16 bits per heavy atom. The number of benzene rings is 2. The maximum Gasteiger partial charge on any atom is 0.126 e. The third-order valence-electron chi connectivity index (χ3n) is 3.93. The lowest BCUT2D eigenvalue weighted by Gasteiger charge is -2.17. The normalized spacial score (nSPS) is 17.3. The van der Waals surface area contributed by atoms with E-state index in [2.05, 4.69) is 37.4 Å². The van der Waals surface area contributed by atoms with Crippen molar-refractivity contribution in [2.24, 2.45) is 0 Å². The lowest BCUT2D eigenvalue weighted by Crippen LogP contribution is -2.08. The SMILES string of the molecule is Cc1ccc(NC2CCc3c(F)cccc32)c(C)c1. The fourth-order valence-corrected chi connectivity index (χ4v) is 2.92. The minimum absolute atomic E-state index is 0.0672. The monoisotopic (exact) mass is 255 g/mol. The molecule has 1 aliphatic rings. The van der Waals surface area contributed by atoms with Crippen LogP contribution in [0.1, 0.15) is 34.7 Å². The van der Waals surface area contributed by atoms with E-state index in [-0.39, 0.29) is 11.9 Å². The average Bonchev–Trinajstić information content (AvgIpc) is 2.78. The van der Waals surface area contributed by atoms with Crippen LogP contribution in [0.15, 0.2) is 36.4 Å². The second-order valence-electron chi connectivity index (χ2n) is 5.36. The Bertz CT molecular complexity index is 619. The summed E-state index contributed by atoms with van der Waals surface area (Å²) >= 11 is 0. The number of fused-ring (bicyclic) bond motifs is 1. The molecule has 1 nitrogen and oxygen atoms in total. The molecular formula is C17H18FN. The average molecular weight is 255 g/mol. The standard InChI is InChI=1S/C17H18FN/c1-11-6-8-16(12(2)10-11)19-17-9-7-13-14(17)4-3-5-15(13)18/h3-6,8,10,17,19H,7,9H2,1-2H3. The van der Waals surface area contributed by atoms with Crippen LogP contribution < -0.4 is 5.32 Å². The molecule has 2 heteroatoms. The van der Waals surface area contributed by atoms with Gasteiger partial charge < -0.3 is 5.32 Å². The molecule has 0 saturated heterocycles. The van der Waals surface area contributed by atoms with Gasteiger partial charge in [-0.2, -0.15) is 0 Å². The van der Waals surface area contributed by atoms with Crippen molar-refractivity contribution in [3.8, 4) is 0 Å². The number of hydrogen-bond donors (Lipinski definition) is 1. The lowest BCUT2D eigenvalue weighted by atomic mass is 10.1. The number of aryl methyl sites for hydroxylation is 2. The van der Waals surface area contributed by atoms with Crippen LogP contribution in [0.2, 0.25) is 0 Å². The number of nitrogens with one attached hydrogen (secondary N) is 1. The summed E-state index contributed by atoms with van der Waals surface area (Å²) in [6, 6.07) is 12.0. The molecule has 0 spiro atoms. The fourth-order valence-electron chi connectivity index (χ4n) is 2.92. The van der Waals surface area contributed by atoms with Crippen LogP contribution in [0.4, 0.5) is 10.1 Å². The Balaban J connectivity index is 1.89. The van der Waals surface area contributed by atoms with E-state index in [1.54, 1.807) is 12.1 Å². The van der Waals surface area contributed by atoms with Crippen molar-refractivity contribution in [2.45, 2.75) is 32.7 Å². The van der Waals surface area contributed by atoms with E-state index in [4.69, 9.17) is 0 Å². The molecule has 0 heterocycles. The summed E-state index contributed by atoms with van der Waals surface area (Å²) in [5, 5.41) is 3.55. The first-order valence-electron chi connectivity index (χ1n) is 6.76. The van der Waals surface area contributed by atoms with Gasteiger partial charge in [0.25, 0.3) is 0 Å². The molecule has 19 heavy (non-hydrogen) atoms. The van der Waals surface area contributed by atoms with Crippen molar-refractivity contribution in [3.05, 3.63) is 64.5 Å². The zero-order valence-corrected chi connectivity index (χ0v) is 11.3. The number of rotatable bonds is 2. The van der Waals surface area contributed by atoms with Gasteiger partial charge in [-0.05, 0) is 55.5 Å². The van der Waals surface area contributed by atoms with E-state index in [0.29, 0.717) is 0 Å². The van der Waals surface area contributed by atoms with E-state index in [9.17, 15) is 4.39 Å². The predicted octanol–water partition coefficient (Wildman–Crippen LogP) is 4.54. The van der Waals surface area contributed by atoms with Gasteiger partial charge >= 0.3 is 0 Å². The van der Waals surface area contributed by atoms with E-state index < -0.39 is 0 Å². The highest BCUT2D eigenvalue weighted by Gasteiger charge is 2.24. The van der Waals surface area contributed by atoms with Gasteiger partial charge in [0.05, 0.1) is 6.04 Å². The zero-order chi connectivity index (χ0) is 13.4. The predicted molar refractivity (Wildman–Crippen MR) is 77.0 cm³/mol. The third-order valence-corrected chi connectivity index (χ3v) is 3.93. The van der Waals surface area contributed by atoms with Gasteiger partial charge in [0.2, 0.25) is 0 Å². The van der Waals surface area contributed by atoms with Gasteiger partial charge in [0.1, 0.15) is 5.82 Å². The van der Waals surface area contributed by atoms with Crippen LogP contribution in [-0.4, -0.2) is 0 Å². The van der Waals surface area contributed by atoms with Gasteiger partial charge in [-0.1, -0.05) is 29.8 Å². The van der Waals surface area contributed by atoms with Crippen molar-refractivity contribution in [1.82, 2.24) is 0 Å². The zero-order valence-electron chi connectivity index (χ0n) is 11.3. The van der Waals surface area contributed by atoms with Crippen molar-refractivity contribution < 1.29 is 4.39 Å². The Kier molecular flexibility index (Phi) is 3.02. The number of halogens is 1. The molecule has 1 aliphatic carbocycles. The van der Waals surface area contributed by atoms with Crippen LogP contribution in [0.3, 0.4) is 0 Å². The maximum atomic E-state index is 13.7. The minimum atomic E-state index is -0.0672. The molecule has 3 rings (SSSR count). The summed E-state index contributed by atoms with van der Waals surface area (Å²) in [6.45, 7) is 4.20. The van der Waals surface area contributed by atoms with Crippen molar-refractivity contribution in [3.63, 3.8) is 0 Å². The van der Waals surface area contributed by atoms with Crippen molar-refractivity contribution in [2.75, 3.05) is 5.32 Å². The molecule has 0 radical (unpaired) electrons. The van der Waals surface area contributed by atoms with Gasteiger partial charge in [0, 0.05) is 5.69 Å². The van der Waals surface area contributed by atoms with Crippen LogP contribution in [0.5, 0.6) is 0 Å². The summed E-state index contributed by atoms with van der Waals surface area (Å²) < 4.78 is 13.7. The Morgan fingerprint density at radius 3 is 2.79 bits per heavy atom. The first kappa shape index (κ1) is 12.2. The van der Waals surface area contributed by atoms with Gasteiger partial charge in [-0.15, -0.1) is 0 Å². The summed E-state index contributed by atoms with van der Waals surface area (Å²) in [5.74, 6) is -0.0672. The van der Waals surface area contributed by atoms with E-state index >= 15 is 0 Å². The highest BCUT2D eigenvalue weighted by Crippen LogP contribution is 2.35. The number of anilines is 1. The molecule has 0 amide bonds. The molecule has 1 N–H and O–H groups in total. The lowest BCUT2D eigenvalue weighted by molar-refractivity contribution is 0.612. The molecule has 0 aliphatic heterocycles. The largest absolute Gasteiger partial charge is 0.378 e. The molecule has 0 aromatic heterocycles. The smallest absolute Gasteiger partial charge is 0.126 e. The minimum Gasteiger partial charge on any atom is -0.378 e. The Morgan fingerprint density at radius 2 is 2.00 bits per heavy atom. The summed E-state index contributed by atoms with van der Waals surface area (Å²) in [7, 11) is 0. The van der Waals surface area contributed by atoms with Crippen LogP contribution in [0.25, 0.3) is 0 Å². The Labute approximate surface area is 113 Å². The van der Waals surface area contributed by atoms with E-state index in [1.165, 1.54) is 11.1 Å². The van der Waals surface area contributed by atoms with Gasteiger partial charge in [0.15, 0.2) is 0 Å². The highest BCUT2D eigenvalue weighted by molar-refractivity contribution is 5.54. The second-order valence-corrected chi connectivity index (χ2v) is 5.36. The molecule has 0 bridgehead atoms. The van der Waals surface area contributed by atoms with E-state index in [1.807, 2.05) is 6.07 Å². The molecule has 2 aromatic rings. The summed E-state index contributed by atoms with van der Waals surface area (Å²) in [4.78, 5) is 0. The first-order valence-corrected chi connectivity index (χ1v) is 6.76. The van der Waals surface area contributed by atoms with Gasteiger partial charge in [-0.3, -0.25) is 0 Å². The third kappa shape index (κ3) is 2.23. The maximum absolute atomic E-state index is 13.7. The topological polar surface area (TPSA) is 12.0 Å². The van der Waals surface area contributed by atoms with Crippen molar-refractivity contribution >= 4 is 5.69 Å². The van der Waals surface area contributed by atoms with Crippen molar-refractivity contribution in [1.29, 1.82) is 0 Å². The van der Waals surface area contributed by atoms with Gasteiger partial charge in [-0.25, -0.2) is 4.39 Å². The summed E-state index contributed by atoms with van der Waals surface area (Å²) in [6.07, 6.45) is 1.79. The molecule has 1 unspecified atom stereocenters. The molecular weight excluding hydrogens is 237 g/mol. The van der Waals surface area contributed by atoms with E-state index in [0.717, 1.165) is 29.7 Å². The second kappa shape index (κ2) is 4.69. The number of hydrogen-bond acceptors (Lipinski definition) is 1. The first-order chi connectivity index (χ1) is 9.15. The molecule has 0 fully saturated rings. The van der Waals surface area contributed by atoms with Crippen LogP contribution in [-0.2, 0) is 6.42 Å². The summed E-state index contributed by atoms with van der Waals surface area (Å²) in [5.41, 5.74) is 5.64. The molecule has 2 aromatic carbocycles. The molecule has 0 saturated carbocycles. The quantitative estimate of drug-likeness (QED) is 0.830. The van der Waals surface area contributed by atoms with Crippen LogP contribution >= 0.6 is 0 Å².